The van der Waals surface area contributed by atoms with Gasteiger partial charge in [0.05, 0.1) is 12.8 Å². The summed E-state index contributed by atoms with van der Waals surface area (Å²) < 4.78 is 10.7. The third-order valence-corrected chi connectivity index (χ3v) is 2.48. The summed E-state index contributed by atoms with van der Waals surface area (Å²) in [6.45, 7) is 1.69. The van der Waals surface area contributed by atoms with Crippen LogP contribution in [0.25, 0.3) is 0 Å². The van der Waals surface area contributed by atoms with Crippen LogP contribution in [0.5, 0.6) is 5.75 Å². The molecule has 2 rings (SSSR count). The Kier molecular flexibility index (Phi) is 4.46. The van der Waals surface area contributed by atoms with Crippen LogP contribution in [0, 0.1) is 12.3 Å². The van der Waals surface area contributed by atoms with E-state index in [0.717, 1.165) is 17.1 Å². The van der Waals surface area contributed by atoms with Crippen molar-refractivity contribution in [2.24, 2.45) is 0 Å². The molecule has 0 radical (unpaired) electrons. The van der Waals surface area contributed by atoms with E-state index < -0.39 is 0 Å². The molecule has 0 saturated carbocycles. The molecule has 0 amide bonds. The van der Waals surface area contributed by atoms with Crippen LogP contribution in [0.3, 0.4) is 0 Å². The molecule has 0 atom stereocenters. The number of hydrogen-bond acceptors (Lipinski definition) is 3. The Morgan fingerprint density at radius 2 is 2.06 bits per heavy atom. The lowest BCUT2D eigenvalue weighted by molar-refractivity contribution is 0.364. The first kappa shape index (κ1) is 12.3. The van der Waals surface area contributed by atoms with E-state index in [0.29, 0.717) is 13.1 Å². The zero-order chi connectivity index (χ0) is 12.6. The minimum atomic E-state index is 0.287. The number of para-hydroxylation sites is 1. The Hall–Kier alpha value is -2.18. The van der Waals surface area contributed by atoms with E-state index in [1.54, 1.807) is 6.26 Å². The monoisotopic (exact) mass is 241 g/mol. The average molecular weight is 241 g/mol. The number of terminal acetylenes is 1. The third kappa shape index (κ3) is 3.41. The SMILES string of the molecule is C#CCOc1ccccc1CNCc1ccco1. The van der Waals surface area contributed by atoms with Gasteiger partial charge in [0.15, 0.2) is 0 Å². The smallest absolute Gasteiger partial charge is 0.148 e. The lowest BCUT2D eigenvalue weighted by atomic mass is 10.2. The molecule has 1 heterocycles. The maximum Gasteiger partial charge on any atom is 0.148 e. The van der Waals surface area contributed by atoms with Gasteiger partial charge in [-0.15, -0.1) is 6.42 Å². The van der Waals surface area contributed by atoms with Crippen LogP contribution in [0.4, 0.5) is 0 Å². The summed E-state index contributed by atoms with van der Waals surface area (Å²) in [5.74, 6) is 4.20. The first-order chi connectivity index (χ1) is 8.90. The Labute approximate surface area is 107 Å². The molecule has 0 spiro atoms. The number of ether oxygens (including phenoxy) is 1. The summed E-state index contributed by atoms with van der Waals surface area (Å²) in [7, 11) is 0. The van der Waals surface area contributed by atoms with Crippen molar-refractivity contribution in [3.8, 4) is 18.1 Å². The minimum Gasteiger partial charge on any atom is -0.481 e. The molecule has 1 N–H and O–H groups in total. The van der Waals surface area contributed by atoms with Gasteiger partial charge in [-0.1, -0.05) is 24.1 Å². The van der Waals surface area contributed by atoms with Gasteiger partial charge in [-0.2, -0.15) is 0 Å². The second kappa shape index (κ2) is 6.53. The topological polar surface area (TPSA) is 34.4 Å². The van der Waals surface area contributed by atoms with Gasteiger partial charge in [-0.25, -0.2) is 0 Å². The highest BCUT2D eigenvalue weighted by Crippen LogP contribution is 2.17. The fourth-order valence-electron chi connectivity index (χ4n) is 1.64. The Morgan fingerprint density at radius 1 is 1.17 bits per heavy atom. The van der Waals surface area contributed by atoms with Gasteiger partial charge >= 0.3 is 0 Å². The van der Waals surface area contributed by atoms with Crippen molar-refractivity contribution in [3.63, 3.8) is 0 Å². The summed E-state index contributed by atoms with van der Waals surface area (Å²) in [5.41, 5.74) is 1.08. The highest BCUT2D eigenvalue weighted by Gasteiger charge is 2.02. The molecule has 0 unspecified atom stereocenters. The molecule has 1 aromatic heterocycles. The average Bonchev–Trinajstić information content (AvgIpc) is 2.91. The van der Waals surface area contributed by atoms with Gasteiger partial charge in [0.1, 0.15) is 18.1 Å². The van der Waals surface area contributed by atoms with Crippen LogP contribution in [0.2, 0.25) is 0 Å². The molecule has 0 fully saturated rings. The first-order valence-electron chi connectivity index (χ1n) is 5.77. The standard InChI is InChI=1S/C15H15NO2/c1-2-9-18-15-8-4-3-6-13(15)11-16-12-14-7-5-10-17-14/h1,3-8,10,16H,9,11-12H2. The van der Waals surface area contributed by atoms with Crippen molar-refractivity contribution in [2.75, 3.05) is 6.61 Å². The molecule has 2 aromatic rings. The molecule has 0 aliphatic heterocycles. The largest absolute Gasteiger partial charge is 0.481 e. The summed E-state index contributed by atoms with van der Waals surface area (Å²) in [4.78, 5) is 0. The lowest BCUT2D eigenvalue weighted by Crippen LogP contribution is -2.13. The first-order valence-corrected chi connectivity index (χ1v) is 5.77. The molecule has 18 heavy (non-hydrogen) atoms. The summed E-state index contributed by atoms with van der Waals surface area (Å²) >= 11 is 0. The van der Waals surface area contributed by atoms with E-state index in [1.165, 1.54) is 0 Å². The van der Waals surface area contributed by atoms with E-state index in [-0.39, 0.29) is 6.61 Å². The number of hydrogen-bond donors (Lipinski definition) is 1. The molecule has 92 valence electrons. The van der Waals surface area contributed by atoms with E-state index in [1.807, 2.05) is 36.4 Å². The second-order valence-electron chi connectivity index (χ2n) is 3.78. The molecule has 3 nitrogen and oxygen atoms in total. The second-order valence-corrected chi connectivity index (χ2v) is 3.78. The predicted molar refractivity (Wildman–Crippen MR) is 70.0 cm³/mol. The molecular weight excluding hydrogens is 226 g/mol. The van der Waals surface area contributed by atoms with Crippen molar-refractivity contribution < 1.29 is 9.15 Å². The lowest BCUT2D eigenvalue weighted by Gasteiger charge is -2.09. The van der Waals surface area contributed by atoms with Crippen molar-refractivity contribution in [3.05, 3.63) is 54.0 Å². The van der Waals surface area contributed by atoms with Crippen LogP contribution in [0.15, 0.2) is 47.1 Å². The van der Waals surface area contributed by atoms with Crippen molar-refractivity contribution >= 4 is 0 Å². The molecule has 0 saturated heterocycles. The summed E-state index contributed by atoms with van der Waals surface area (Å²) in [6.07, 6.45) is 6.86. The van der Waals surface area contributed by atoms with E-state index >= 15 is 0 Å². The fourth-order valence-corrected chi connectivity index (χ4v) is 1.64. The number of benzene rings is 1. The van der Waals surface area contributed by atoms with E-state index in [2.05, 4.69) is 11.2 Å². The van der Waals surface area contributed by atoms with Crippen LogP contribution in [0.1, 0.15) is 11.3 Å². The molecule has 0 aliphatic carbocycles. The van der Waals surface area contributed by atoms with Crippen molar-refractivity contribution in [2.45, 2.75) is 13.1 Å². The highest BCUT2D eigenvalue weighted by molar-refractivity contribution is 5.33. The summed E-state index contributed by atoms with van der Waals surface area (Å²) in [6, 6.07) is 11.7. The minimum absolute atomic E-state index is 0.287. The predicted octanol–water partition coefficient (Wildman–Crippen LogP) is 2.58. The van der Waals surface area contributed by atoms with Gasteiger partial charge in [-0.3, -0.25) is 0 Å². The van der Waals surface area contributed by atoms with Crippen molar-refractivity contribution in [1.29, 1.82) is 0 Å². The summed E-state index contributed by atoms with van der Waals surface area (Å²) in [5, 5.41) is 3.30. The molecule has 0 aliphatic rings. The highest BCUT2D eigenvalue weighted by atomic mass is 16.5. The van der Waals surface area contributed by atoms with Crippen LogP contribution in [-0.4, -0.2) is 6.61 Å². The van der Waals surface area contributed by atoms with Crippen molar-refractivity contribution in [1.82, 2.24) is 5.32 Å². The van der Waals surface area contributed by atoms with Crippen LogP contribution >= 0.6 is 0 Å². The normalized spacial score (nSPS) is 9.94. The third-order valence-electron chi connectivity index (χ3n) is 2.48. The Morgan fingerprint density at radius 3 is 2.83 bits per heavy atom. The van der Waals surface area contributed by atoms with Crippen LogP contribution < -0.4 is 10.1 Å². The van der Waals surface area contributed by atoms with Gasteiger partial charge in [-0.05, 0) is 18.2 Å². The molecular formula is C15H15NO2. The molecule has 3 heteroatoms. The molecule has 1 aromatic carbocycles. The maximum atomic E-state index is 5.47. The zero-order valence-electron chi connectivity index (χ0n) is 10.1. The van der Waals surface area contributed by atoms with Gasteiger partial charge in [0.2, 0.25) is 0 Å². The van der Waals surface area contributed by atoms with Gasteiger partial charge in [0.25, 0.3) is 0 Å². The maximum absolute atomic E-state index is 5.47. The number of furan rings is 1. The van der Waals surface area contributed by atoms with Gasteiger partial charge in [0, 0.05) is 12.1 Å². The zero-order valence-corrected chi connectivity index (χ0v) is 10.1. The number of rotatable bonds is 6. The number of nitrogens with one attached hydrogen (secondary N) is 1. The van der Waals surface area contributed by atoms with E-state index in [9.17, 15) is 0 Å². The Bertz CT molecular complexity index is 512. The van der Waals surface area contributed by atoms with Crippen LogP contribution in [-0.2, 0) is 13.1 Å². The van der Waals surface area contributed by atoms with E-state index in [4.69, 9.17) is 15.6 Å². The fraction of sp³-hybridized carbons (Fsp3) is 0.200. The quantitative estimate of drug-likeness (QED) is 0.789. The van der Waals surface area contributed by atoms with Gasteiger partial charge < -0.3 is 14.5 Å². The molecule has 0 bridgehead atoms. The Balaban J connectivity index is 1.90.